The van der Waals surface area contributed by atoms with Crippen LogP contribution in [0.5, 0.6) is 0 Å². The van der Waals surface area contributed by atoms with Crippen LogP contribution in [0.2, 0.25) is 0 Å². The first-order valence-electron chi connectivity index (χ1n) is 11.8. The van der Waals surface area contributed by atoms with Crippen molar-refractivity contribution < 1.29 is 18.8 Å². The molecule has 9 nitrogen and oxygen atoms in total. The van der Waals surface area contributed by atoms with Crippen LogP contribution in [0.25, 0.3) is 11.1 Å². The summed E-state index contributed by atoms with van der Waals surface area (Å²) in [6.45, 7) is 7.99. The van der Waals surface area contributed by atoms with Gasteiger partial charge >= 0.3 is 0 Å². The van der Waals surface area contributed by atoms with E-state index >= 15 is 4.39 Å². The molecule has 0 saturated heterocycles. The monoisotopic (exact) mass is 534 g/mol. The molecule has 196 valence electrons. The Bertz CT molecular complexity index is 1480. The van der Waals surface area contributed by atoms with Gasteiger partial charge in [-0.05, 0) is 53.3 Å². The summed E-state index contributed by atoms with van der Waals surface area (Å²) in [7, 11) is 0. The van der Waals surface area contributed by atoms with Crippen molar-refractivity contribution in [2.45, 2.75) is 27.7 Å². The summed E-state index contributed by atoms with van der Waals surface area (Å²) in [6, 6.07) is 8.83. The second-order valence-electron chi connectivity index (χ2n) is 9.85. The zero-order valence-corrected chi connectivity index (χ0v) is 22.1. The van der Waals surface area contributed by atoms with Gasteiger partial charge in [0.05, 0.1) is 6.20 Å². The lowest BCUT2D eigenvalue weighted by Gasteiger charge is -2.19. The Morgan fingerprint density at radius 2 is 1.74 bits per heavy atom. The van der Waals surface area contributed by atoms with E-state index in [0.717, 1.165) is 6.07 Å². The number of nitrogens with one attached hydrogen (secondary N) is 4. The van der Waals surface area contributed by atoms with Crippen molar-refractivity contribution in [2.75, 3.05) is 17.2 Å². The Labute approximate surface area is 222 Å². The number of anilines is 2. The molecule has 0 radical (unpaired) electrons. The van der Waals surface area contributed by atoms with E-state index < -0.39 is 17.6 Å². The van der Waals surface area contributed by atoms with Crippen molar-refractivity contribution in [1.29, 1.82) is 0 Å². The minimum Gasteiger partial charge on any atom is -0.352 e. The number of amides is 3. The molecule has 4 rings (SSSR count). The van der Waals surface area contributed by atoms with Crippen molar-refractivity contribution in [2.24, 2.45) is 5.41 Å². The van der Waals surface area contributed by atoms with Gasteiger partial charge in [-0.3, -0.25) is 24.8 Å². The number of aromatic amines is 1. The van der Waals surface area contributed by atoms with E-state index in [2.05, 4.69) is 31.1 Å². The van der Waals surface area contributed by atoms with Gasteiger partial charge in [0, 0.05) is 40.9 Å². The molecule has 0 fully saturated rings. The van der Waals surface area contributed by atoms with E-state index in [1.165, 1.54) is 29.7 Å². The lowest BCUT2D eigenvalue weighted by atomic mass is 9.91. The summed E-state index contributed by atoms with van der Waals surface area (Å²) < 4.78 is 15.0. The topological polar surface area (TPSA) is 129 Å². The molecule has 2 aromatic heterocycles. The lowest BCUT2D eigenvalue weighted by molar-refractivity contribution is 0.0938. The number of aromatic nitrogens is 3. The minimum atomic E-state index is -0.615. The highest BCUT2D eigenvalue weighted by Crippen LogP contribution is 2.32. The molecular formula is C27H27FN6O3S. The van der Waals surface area contributed by atoms with Crippen LogP contribution in [-0.2, 0) is 0 Å². The van der Waals surface area contributed by atoms with Crippen LogP contribution in [-0.4, -0.2) is 39.4 Å². The average molecular weight is 535 g/mol. The Morgan fingerprint density at radius 3 is 2.39 bits per heavy atom. The van der Waals surface area contributed by atoms with E-state index in [1.54, 1.807) is 36.7 Å². The predicted octanol–water partition coefficient (Wildman–Crippen LogP) is 5.26. The number of halogens is 1. The molecule has 38 heavy (non-hydrogen) atoms. The van der Waals surface area contributed by atoms with Crippen LogP contribution in [0.3, 0.4) is 0 Å². The summed E-state index contributed by atoms with van der Waals surface area (Å²) in [5.74, 6) is -1.68. The average Bonchev–Trinajstić information content (AvgIpc) is 3.58. The van der Waals surface area contributed by atoms with Crippen LogP contribution < -0.4 is 16.0 Å². The highest BCUT2D eigenvalue weighted by molar-refractivity contribution is 7.13. The summed E-state index contributed by atoms with van der Waals surface area (Å²) >= 11 is 1.24. The number of hydrogen-bond donors (Lipinski definition) is 4. The fourth-order valence-corrected chi connectivity index (χ4v) is 4.14. The molecule has 0 aliphatic rings. The number of nitrogens with zero attached hydrogens (tertiary/aromatic N) is 2. The van der Waals surface area contributed by atoms with Gasteiger partial charge in [0.15, 0.2) is 5.13 Å². The number of carbonyl (C=O) groups excluding carboxylic acids is 3. The van der Waals surface area contributed by atoms with E-state index in [1.807, 2.05) is 20.8 Å². The Hall–Kier alpha value is -4.38. The van der Waals surface area contributed by atoms with Crippen molar-refractivity contribution >= 4 is 40.0 Å². The van der Waals surface area contributed by atoms with Gasteiger partial charge < -0.3 is 10.6 Å². The van der Waals surface area contributed by atoms with Crippen molar-refractivity contribution in [3.05, 3.63) is 82.2 Å². The Kier molecular flexibility index (Phi) is 7.67. The molecular weight excluding hydrogens is 507 g/mol. The number of thiazole rings is 1. The molecule has 0 aliphatic heterocycles. The van der Waals surface area contributed by atoms with Crippen molar-refractivity contribution in [3.8, 4) is 11.1 Å². The first kappa shape index (κ1) is 26.7. The maximum atomic E-state index is 15.0. The molecule has 2 aromatic carbocycles. The Morgan fingerprint density at radius 1 is 0.947 bits per heavy atom. The number of rotatable bonds is 7. The van der Waals surface area contributed by atoms with Crippen LogP contribution in [0, 0.1) is 18.2 Å². The van der Waals surface area contributed by atoms with Gasteiger partial charge in [0.25, 0.3) is 17.7 Å². The first-order chi connectivity index (χ1) is 18.0. The summed E-state index contributed by atoms with van der Waals surface area (Å²) in [6.07, 6.45) is 3.03. The van der Waals surface area contributed by atoms with Crippen LogP contribution in [0.4, 0.5) is 15.3 Å². The molecule has 11 heteroatoms. The second-order valence-corrected chi connectivity index (χ2v) is 10.7. The Balaban J connectivity index is 1.76. The molecule has 0 spiro atoms. The van der Waals surface area contributed by atoms with Crippen LogP contribution >= 0.6 is 11.3 Å². The highest BCUT2D eigenvalue weighted by Gasteiger charge is 2.22. The second kappa shape index (κ2) is 10.9. The normalized spacial score (nSPS) is 11.2. The molecule has 0 aliphatic carbocycles. The molecule has 0 atom stereocenters. The van der Waals surface area contributed by atoms with Gasteiger partial charge in [0.1, 0.15) is 11.6 Å². The third-order valence-electron chi connectivity index (χ3n) is 5.60. The zero-order valence-electron chi connectivity index (χ0n) is 21.3. The number of benzene rings is 2. The number of carbonyl (C=O) groups is 3. The molecule has 0 bridgehead atoms. The van der Waals surface area contributed by atoms with Gasteiger partial charge in [-0.15, -0.1) is 11.3 Å². The minimum absolute atomic E-state index is 0.0518. The third kappa shape index (κ3) is 6.30. The predicted molar refractivity (Wildman–Crippen MR) is 145 cm³/mol. The molecule has 4 aromatic rings. The van der Waals surface area contributed by atoms with E-state index in [0.29, 0.717) is 28.6 Å². The van der Waals surface area contributed by atoms with Crippen molar-refractivity contribution in [1.82, 2.24) is 20.5 Å². The van der Waals surface area contributed by atoms with Gasteiger partial charge in [0.2, 0.25) is 0 Å². The fraction of sp³-hybridized carbons (Fsp3) is 0.222. The van der Waals surface area contributed by atoms with Gasteiger partial charge in [-0.1, -0.05) is 26.8 Å². The quantitative estimate of drug-likeness (QED) is 0.257. The lowest BCUT2D eigenvalue weighted by Crippen LogP contribution is -2.32. The van der Waals surface area contributed by atoms with Gasteiger partial charge in [-0.25, -0.2) is 9.37 Å². The third-order valence-corrected chi connectivity index (χ3v) is 6.29. The van der Waals surface area contributed by atoms with E-state index in [-0.39, 0.29) is 33.6 Å². The van der Waals surface area contributed by atoms with Crippen LogP contribution in [0.1, 0.15) is 57.4 Å². The number of hydrogen-bond acceptors (Lipinski definition) is 6. The highest BCUT2D eigenvalue weighted by atomic mass is 32.1. The summed E-state index contributed by atoms with van der Waals surface area (Å²) in [5, 5.41) is 16.7. The maximum Gasteiger partial charge on any atom is 0.258 e. The van der Waals surface area contributed by atoms with E-state index in [4.69, 9.17) is 0 Å². The number of H-pyrrole nitrogens is 1. The van der Waals surface area contributed by atoms with Gasteiger partial charge in [-0.2, -0.15) is 5.10 Å². The maximum absolute atomic E-state index is 15.0. The standard InChI is InChI=1S/C27H27FN6O3S/c1-15-19(12-17(13-21(15)28)24(36)32-22-7-8-31-34-22)18-6-5-16(23(35)30-14-27(2,3)4)11-20(18)25(37)33-26-29-9-10-38-26/h5-13H,14H2,1-4H3,(H,30,35)(H,29,33,37)(H2,31,32,34,36). The largest absolute Gasteiger partial charge is 0.352 e. The zero-order chi connectivity index (χ0) is 27.4. The fourth-order valence-electron chi connectivity index (χ4n) is 3.62. The molecule has 2 heterocycles. The molecule has 4 N–H and O–H groups in total. The molecule has 3 amide bonds. The SMILES string of the molecule is Cc1c(F)cc(C(=O)Nc2ccn[nH]2)cc1-c1ccc(C(=O)NCC(C)(C)C)cc1C(=O)Nc1nccs1. The summed E-state index contributed by atoms with van der Waals surface area (Å²) in [5.41, 5.74) is 1.27. The van der Waals surface area contributed by atoms with Crippen LogP contribution in [0.15, 0.2) is 54.2 Å². The summed E-state index contributed by atoms with van der Waals surface area (Å²) in [4.78, 5) is 43.1. The smallest absolute Gasteiger partial charge is 0.258 e. The molecule has 0 saturated carbocycles. The van der Waals surface area contributed by atoms with E-state index in [9.17, 15) is 14.4 Å². The van der Waals surface area contributed by atoms with Crippen molar-refractivity contribution in [3.63, 3.8) is 0 Å². The first-order valence-corrected chi connectivity index (χ1v) is 12.6. The molecule has 0 unspecified atom stereocenters.